The van der Waals surface area contributed by atoms with E-state index in [4.69, 9.17) is 0 Å². The molecule has 0 N–H and O–H groups in total. The number of rotatable bonds is 0. The summed E-state index contributed by atoms with van der Waals surface area (Å²) in [4.78, 5) is 0. The van der Waals surface area contributed by atoms with Gasteiger partial charge in [-0.2, -0.15) is 0 Å². The van der Waals surface area contributed by atoms with Gasteiger partial charge in [0.25, 0.3) is 0 Å². The van der Waals surface area contributed by atoms with E-state index in [-0.39, 0.29) is 32.7 Å². The zero-order valence-electron chi connectivity index (χ0n) is 4.44. The van der Waals surface area contributed by atoms with Crippen molar-refractivity contribution in [2.24, 2.45) is 0 Å². The molecule has 0 atom stereocenters. The van der Waals surface area contributed by atoms with E-state index in [1.54, 1.807) is 0 Å². The maximum Gasteiger partial charge on any atom is 4.00 e. The van der Waals surface area contributed by atoms with Crippen LogP contribution in [0.2, 0.25) is 0 Å². The quantitative estimate of drug-likeness (QED) is 0.495. The van der Waals surface area contributed by atoms with Crippen LogP contribution in [0.4, 0.5) is 0 Å². The van der Waals surface area contributed by atoms with Crippen molar-refractivity contribution in [2.45, 2.75) is 0 Å². The van der Waals surface area contributed by atoms with Gasteiger partial charge in [-0.05, 0) is 0 Å². The van der Waals surface area contributed by atoms with E-state index in [9.17, 15) is 0 Å². The third kappa shape index (κ3) is 7.71. The molecule has 9 heavy (non-hydrogen) atoms. The molecule has 1 heterocycles. The van der Waals surface area contributed by atoms with Crippen LogP contribution in [0.5, 0.6) is 0 Å². The fourth-order valence-electron chi connectivity index (χ4n) is 0.219. The zero-order chi connectivity index (χ0) is 4.24. The van der Waals surface area contributed by atoms with Gasteiger partial charge >= 0.3 is 21.7 Å². The van der Waals surface area contributed by atoms with Crippen molar-refractivity contribution in [1.29, 1.82) is 0 Å². The van der Waals surface area contributed by atoms with E-state index in [0.29, 0.717) is 0 Å². The summed E-state index contributed by atoms with van der Waals surface area (Å²) in [6.45, 7) is 0. The second kappa shape index (κ2) is 10.7. The van der Waals surface area contributed by atoms with Gasteiger partial charge in [0.1, 0.15) is 25.0 Å². The smallest absolute Gasteiger partial charge is 2.00 e. The van der Waals surface area contributed by atoms with Crippen LogP contribution in [0, 0.1) is 0 Å². The van der Waals surface area contributed by atoms with Gasteiger partial charge in [-0.15, -0.1) is 0 Å². The molecular weight excluding hydrogens is 160 g/mol. The van der Waals surface area contributed by atoms with E-state index in [2.05, 4.69) is 9.47 Å². The van der Waals surface area contributed by atoms with Crippen LogP contribution >= 0.6 is 0 Å². The predicted molar refractivity (Wildman–Crippen MR) is 21.8 cm³/mol. The molecule has 5 heteroatoms. The molecule has 0 bridgehead atoms. The molecule has 0 radical (unpaired) electrons. The van der Waals surface area contributed by atoms with Crippen molar-refractivity contribution < 1.29 is 42.1 Å². The van der Waals surface area contributed by atoms with Gasteiger partial charge < -0.3 is 20.4 Å². The minimum atomic E-state index is 0. The minimum absolute atomic E-state index is 0. The van der Waals surface area contributed by atoms with E-state index in [1.165, 1.54) is 25.0 Å². The summed E-state index contributed by atoms with van der Waals surface area (Å²) in [7, 11) is 0. The largest absolute Gasteiger partial charge is 4.00 e. The molecule has 0 fully saturated rings. The van der Waals surface area contributed by atoms with Crippen molar-refractivity contribution in [3.8, 4) is 0 Å². The Morgan fingerprint density at radius 1 is 0.667 bits per heavy atom. The molecule has 0 amide bonds. The average Bonchev–Trinajstić information content (AvgIpc) is 1.72. The normalized spacial score (nSPS) is 10.7. The van der Waals surface area contributed by atoms with Gasteiger partial charge in [0.15, 0.2) is 0 Å². The summed E-state index contributed by atoms with van der Waals surface area (Å²) < 4.78 is 9.17. The molecule has 1 aliphatic heterocycles. The van der Waals surface area contributed by atoms with Crippen molar-refractivity contribution in [1.82, 2.24) is 0 Å². The monoisotopic (exact) mass is 164 g/mol. The van der Waals surface area contributed by atoms with Crippen LogP contribution < -0.4 is 0 Å². The second-order valence-corrected chi connectivity index (χ2v) is 0.816. The maximum atomic E-state index is 4.58. The van der Waals surface area contributed by atoms with E-state index < -0.39 is 0 Å². The Balaban J connectivity index is -0.000000120. The molecule has 48 valence electrons. The number of ether oxygens (including phenoxy) is 2. The van der Waals surface area contributed by atoms with E-state index in [0.717, 1.165) is 0 Å². The van der Waals surface area contributed by atoms with Gasteiger partial charge in [-0.25, -0.2) is 0 Å². The molecule has 0 saturated carbocycles. The molecular formula is C4H4O4Ti. The Labute approximate surface area is 67.6 Å². The van der Waals surface area contributed by atoms with Crippen LogP contribution in [0.25, 0.3) is 0 Å². The molecule has 0 aromatic heterocycles. The first-order valence-corrected chi connectivity index (χ1v) is 1.61. The van der Waals surface area contributed by atoms with Crippen molar-refractivity contribution in [3.63, 3.8) is 0 Å². The molecule has 0 saturated heterocycles. The average molecular weight is 164 g/mol. The fraction of sp³-hybridized carbons (Fsp3) is 0. The van der Waals surface area contributed by atoms with Gasteiger partial charge in [-0.1, -0.05) is 0 Å². The van der Waals surface area contributed by atoms with Crippen LogP contribution in [0.3, 0.4) is 0 Å². The minimum Gasteiger partial charge on any atom is -2.00 e. The fourth-order valence-corrected chi connectivity index (χ4v) is 0.219. The zero-order valence-corrected chi connectivity index (χ0v) is 6.00. The predicted octanol–water partition coefficient (Wildman–Crippen LogP) is 0.735. The molecule has 4 nitrogen and oxygen atoms in total. The summed E-state index contributed by atoms with van der Waals surface area (Å²) in [6, 6.07) is 0. The summed E-state index contributed by atoms with van der Waals surface area (Å²) in [5.41, 5.74) is 0. The summed E-state index contributed by atoms with van der Waals surface area (Å²) in [5, 5.41) is 0. The molecule has 1 rings (SSSR count). The number of hydrogen-bond donors (Lipinski definition) is 0. The molecule has 0 spiro atoms. The van der Waals surface area contributed by atoms with Gasteiger partial charge in [0, 0.05) is 0 Å². The van der Waals surface area contributed by atoms with Gasteiger partial charge in [-0.3, -0.25) is 0 Å². The van der Waals surface area contributed by atoms with Gasteiger partial charge in [0.2, 0.25) is 0 Å². The Kier molecular flexibility index (Phi) is 18.8. The maximum absolute atomic E-state index is 4.58. The third-order valence-electron chi connectivity index (χ3n) is 0.425. The van der Waals surface area contributed by atoms with Gasteiger partial charge in [0.05, 0.1) is 0 Å². The Morgan fingerprint density at radius 2 is 0.889 bits per heavy atom. The van der Waals surface area contributed by atoms with Crippen molar-refractivity contribution in [3.05, 3.63) is 25.0 Å². The Morgan fingerprint density at radius 3 is 1.00 bits per heavy atom. The Hall–Kier alpha value is -0.286. The SMILES string of the molecule is C1=COC=CO1.[O-2].[O-2].[Ti+4]. The van der Waals surface area contributed by atoms with Crippen LogP contribution in [0.15, 0.2) is 25.0 Å². The number of hydrogen-bond acceptors (Lipinski definition) is 2. The molecule has 1 aliphatic rings. The first-order chi connectivity index (χ1) is 3.00. The molecule has 0 aromatic carbocycles. The first kappa shape index (κ1) is 15.9. The van der Waals surface area contributed by atoms with Crippen LogP contribution in [-0.2, 0) is 42.1 Å². The molecule has 0 aliphatic carbocycles. The summed E-state index contributed by atoms with van der Waals surface area (Å²) in [6.07, 6.45) is 5.83. The Bertz CT molecular complexity index is 70.6. The van der Waals surface area contributed by atoms with Crippen LogP contribution in [0.1, 0.15) is 0 Å². The molecule has 0 unspecified atom stereocenters. The molecule has 0 aromatic rings. The van der Waals surface area contributed by atoms with E-state index in [1.807, 2.05) is 0 Å². The topological polar surface area (TPSA) is 75.5 Å². The van der Waals surface area contributed by atoms with E-state index >= 15 is 0 Å². The standard InChI is InChI=1S/C4H4O2.2O.Ti/c1-2-6-4-3-5-1;;;/h1-4H;;;/q;2*-2;+4. The second-order valence-electron chi connectivity index (χ2n) is 0.816. The first-order valence-electron chi connectivity index (χ1n) is 1.61. The summed E-state index contributed by atoms with van der Waals surface area (Å²) in [5.74, 6) is 0. The summed E-state index contributed by atoms with van der Waals surface area (Å²) >= 11 is 0. The third-order valence-corrected chi connectivity index (χ3v) is 0.425. The van der Waals surface area contributed by atoms with Crippen molar-refractivity contribution >= 4 is 0 Å². The van der Waals surface area contributed by atoms with Crippen LogP contribution in [-0.4, -0.2) is 0 Å². The van der Waals surface area contributed by atoms with Crippen molar-refractivity contribution in [2.75, 3.05) is 0 Å².